The zero-order valence-electron chi connectivity index (χ0n) is 35.1. The molecular formula is C60H199Br4NaO19. The molecule has 0 aromatic rings. The van der Waals surface area contributed by atoms with Crippen LogP contribution in [0.15, 0.2) is 0 Å². The van der Waals surface area contributed by atoms with E-state index in [9.17, 15) is 0 Å². The first-order valence-corrected chi connectivity index (χ1v) is 19.7. The monoisotopic (exact) mass is 1560 g/mol. The van der Waals surface area contributed by atoms with Crippen LogP contribution in [0.4, 0.5) is 0 Å². The van der Waals surface area contributed by atoms with E-state index in [1.165, 1.54) is 0 Å². The summed E-state index contributed by atoms with van der Waals surface area (Å²) in [6.45, 7) is 4.52. The van der Waals surface area contributed by atoms with E-state index in [4.69, 9.17) is 56.2 Å². The molecule has 11 N–H and O–H groups in total. The molecule has 0 aliphatic heterocycles. The molecule has 0 bridgehead atoms. The molecule has 0 aromatic heterocycles. The standard InChI is InChI=1S/3C3H7BrO.5C3H8O2.C2H5BrO2.2C2H6O2.30CH4.Na.H/c8*1-5-3-2-4;3-2(5)1-4;2*3-1-2-4;;;;;;;;;;;;;;;;;;;;;;;;;;;;;;;;/h3*2-3H2,1H3;5*4H,2-3H2,1H3;2,4-5H,1H2;2*3-4H,1-2H2;30*1H4;;/q;;;;;;;;;;;;;;;;;;;;;;;;;;;;;;;;;;;;;;;;;+1;-1. The molecule has 0 rings (SSSR count). The summed E-state index contributed by atoms with van der Waals surface area (Å²) in [5.74, 6) is 0. The minimum Gasteiger partial charge on any atom is -1.00 e. The molecule has 84 heavy (non-hydrogen) atoms. The van der Waals surface area contributed by atoms with E-state index in [0.29, 0.717) is 33.0 Å². The Morgan fingerprint density at radius 2 is 0.321 bits per heavy atom. The predicted octanol–water partition coefficient (Wildman–Crippen LogP) is 15.0. The van der Waals surface area contributed by atoms with E-state index in [-0.39, 0.29) is 320 Å². The van der Waals surface area contributed by atoms with Gasteiger partial charge in [-0.2, -0.15) is 0 Å². The molecule has 0 aliphatic carbocycles. The molecule has 0 amide bonds. The van der Waals surface area contributed by atoms with Crippen LogP contribution in [0.2, 0.25) is 0 Å². The maximum absolute atomic E-state index is 8.03. The summed E-state index contributed by atoms with van der Waals surface area (Å²) in [5.41, 5.74) is 0. The smallest absolute Gasteiger partial charge is 1.00 e. The summed E-state index contributed by atoms with van der Waals surface area (Å²) in [4.78, 5) is 0. The Morgan fingerprint density at radius 1 is 0.238 bits per heavy atom. The van der Waals surface area contributed by atoms with Gasteiger partial charge in [-0.3, -0.25) is 0 Å². The van der Waals surface area contributed by atoms with Gasteiger partial charge >= 0.3 is 29.6 Å². The first-order chi connectivity index (χ1) is 25.4. The second-order valence-electron chi connectivity index (χ2n) is 7.14. The molecular weight excluding hydrogens is 1370 g/mol. The number of rotatable bonds is 19. The van der Waals surface area contributed by atoms with E-state index < -0.39 is 5.01 Å². The molecule has 0 aromatic carbocycles. The predicted molar refractivity (Wildman–Crippen MR) is 425 cm³/mol. The Labute approximate surface area is 604 Å². The number of aliphatic hydroxyl groups excluding tert-OH is 11. The summed E-state index contributed by atoms with van der Waals surface area (Å²) in [6, 6.07) is 0. The molecule has 19 nitrogen and oxygen atoms in total. The van der Waals surface area contributed by atoms with Gasteiger partial charge in [0.1, 0.15) is 5.01 Å². The van der Waals surface area contributed by atoms with Crippen LogP contribution in [-0.4, -0.2) is 253 Å². The molecule has 0 fully saturated rings. The van der Waals surface area contributed by atoms with Crippen molar-refractivity contribution in [2.45, 2.75) is 228 Å². The van der Waals surface area contributed by atoms with Crippen LogP contribution < -0.4 is 29.6 Å². The molecule has 24 heteroatoms. The van der Waals surface area contributed by atoms with Crippen LogP contribution in [0, 0.1) is 0 Å². The summed E-state index contributed by atoms with van der Waals surface area (Å²) >= 11 is 12.2. The topological polar surface area (TPSA) is 296 Å². The van der Waals surface area contributed by atoms with E-state index >= 15 is 0 Å². The van der Waals surface area contributed by atoms with E-state index in [1.54, 1.807) is 56.9 Å². The van der Waals surface area contributed by atoms with Gasteiger partial charge in [0, 0.05) is 72.9 Å². The zero-order valence-corrected chi connectivity index (χ0v) is 42.5. The van der Waals surface area contributed by atoms with E-state index in [1.807, 2.05) is 0 Å². The Kier molecular flexibility index (Phi) is 1970. The first-order valence-electron chi connectivity index (χ1n) is 15.4. The second-order valence-corrected chi connectivity index (χ2v) is 10.6. The van der Waals surface area contributed by atoms with Gasteiger partial charge in [-0.15, -0.1) is 0 Å². The summed E-state index contributed by atoms with van der Waals surface area (Å²) in [7, 11) is 12.8. The summed E-state index contributed by atoms with van der Waals surface area (Å²) < 4.78 is 36.1. The number of hydrogen-bond donors (Lipinski definition) is 11. The van der Waals surface area contributed by atoms with E-state index in [2.05, 4.69) is 102 Å². The third-order valence-electron chi connectivity index (χ3n) is 2.67. The van der Waals surface area contributed by atoms with E-state index in [0.717, 1.165) is 35.8 Å². The van der Waals surface area contributed by atoms with Gasteiger partial charge in [-0.25, -0.2) is 0 Å². The van der Waals surface area contributed by atoms with Crippen LogP contribution in [0.5, 0.6) is 0 Å². The Bertz CT molecular complexity index is 324. The molecule has 0 spiro atoms. The minimum atomic E-state index is -0.748. The van der Waals surface area contributed by atoms with Crippen molar-refractivity contribution in [1.82, 2.24) is 0 Å². The van der Waals surface area contributed by atoms with Gasteiger partial charge in [-0.1, -0.05) is 287 Å². The number of methoxy groups -OCH3 is 8. The van der Waals surface area contributed by atoms with Crippen LogP contribution in [-0.2, 0) is 37.9 Å². The second kappa shape index (κ2) is 517. The minimum absolute atomic E-state index is 0. The maximum Gasteiger partial charge on any atom is 1.00 e. The summed E-state index contributed by atoms with van der Waals surface area (Å²) in [6.07, 6.45) is 0. The van der Waals surface area contributed by atoms with Gasteiger partial charge in [-0.05, 0) is 0 Å². The molecule has 582 valence electrons. The van der Waals surface area contributed by atoms with Gasteiger partial charge in [0.05, 0.1) is 119 Å². The van der Waals surface area contributed by atoms with Crippen molar-refractivity contribution in [3.05, 3.63) is 0 Å². The van der Waals surface area contributed by atoms with Crippen LogP contribution >= 0.6 is 63.7 Å². The Balaban J connectivity index is -0.00000000537. The van der Waals surface area contributed by atoms with Gasteiger partial charge in [0.15, 0.2) is 0 Å². The van der Waals surface area contributed by atoms with Crippen molar-refractivity contribution in [3.8, 4) is 0 Å². The normalized spacial score (nSPS) is 5.61. The molecule has 0 radical (unpaired) electrons. The largest absolute Gasteiger partial charge is 1.00 e. The molecule has 0 saturated carbocycles. The average Bonchev–Trinajstić information content (AvgIpc) is 3.16. The fourth-order valence-corrected chi connectivity index (χ4v) is 1.66. The molecule has 1 atom stereocenters. The van der Waals surface area contributed by atoms with Gasteiger partial charge in [0.2, 0.25) is 0 Å². The SMILES string of the molecule is C.C.C.C.C.C.C.C.C.C.C.C.C.C.C.C.C.C.C.C.C.C.C.C.C.C.C.C.C.C.COCCBr.COCCBr.COCCBr.COCCO.COCCO.COCCO.COCCO.COCCO.OCC(O)Br.OCCO.OCCO.[H-].[Na+]. The number of aliphatic hydroxyl groups is 11. The molecule has 0 heterocycles. The van der Waals surface area contributed by atoms with Crippen molar-refractivity contribution >= 4 is 63.7 Å². The number of alkyl halides is 4. The van der Waals surface area contributed by atoms with Crippen molar-refractivity contribution < 1.29 is 125 Å². The van der Waals surface area contributed by atoms with Crippen LogP contribution in [0.3, 0.4) is 0 Å². The number of halogens is 4. The average molecular weight is 1570 g/mol. The number of hydrogen-bond acceptors (Lipinski definition) is 19. The van der Waals surface area contributed by atoms with Crippen molar-refractivity contribution in [1.29, 1.82) is 0 Å². The van der Waals surface area contributed by atoms with Crippen LogP contribution in [0.25, 0.3) is 0 Å². The molecule has 0 aliphatic rings. The third kappa shape index (κ3) is 1190. The van der Waals surface area contributed by atoms with Gasteiger partial charge in [0.25, 0.3) is 0 Å². The Hall–Kier alpha value is 2.16. The van der Waals surface area contributed by atoms with Crippen molar-refractivity contribution in [3.63, 3.8) is 0 Å². The summed E-state index contributed by atoms with van der Waals surface area (Å²) in [5, 5.41) is 88.1. The van der Waals surface area contributed by atoms with Gasteiger partial charge < -0.3 is 95.5 Å². The Morgan fingerprint density at radius 3 is 0.321 bits per heavy atom. The molecule has 0 saturated heterocycles. The molecule has 1 unspecified atom stereocenters. The quantitative estimate of drug-likeness (QED) is 0.0423. The fraction of sp³-hybridized carbons (Fsp3) is 1.00. The third-order valence-corrected chi connectivity index (χ3v) is 3.93. The first kappa shape index (κ1) is 320. The van der Waals surface area contributed by atoms with Crippen LogP contribution in [0.1, 0.15) is 224 Å². The van der Waals surface area contributed by atoms with Crippen molar-refractivity contribution in [2.24, 2.45) is 0 Å². The fourth-order valence-electron chi connectivity index (χ4n) is 0.688. The zero-order chi connectivity index (χ0) is 44.1. The number of ether oxygens (including phenoxy) is 8. The van der Waals surface area contributed by atoms with Crippen molar-refractivity contribution in [2.75, 3.05) is 192 Å². The maximum atomic E-state index is 8.03.